The van der Waals surface area contributed by atoms with E-state index in [1.165, 1.54) is 19.3 Å². The first-order valence-electron chi connectivity index (χ1n) is 7.20. The molecule has 2 N–H and O–H groups in total. The van der Waals surface area contributed by atoms with Crippen molar-refractivity contribution in [2.24, 2.45) is 17.1 Å². The number of nitrogens with two attached hydrogens (primary N) is 1. The third kappa shape index (κ3) is 3.25. The predicted molar refractivity (Wildman–Crippen MR) is 74.2 cm³/mol. The summed E-state index contributed by atoms with van der Waals surface area (Å²) in [5, 5.41) is 0. The summed E-state index contributed by atoms with van der Waals surface area (Å²) in [6, 6.07) is 0. The van der Waals surface area contributed by atoms with Crippen molar-refractivity contribution in [3.8, 4) is 0 Å². The Morgan fingerprint density at radius 2 is 1.78 bits per heavy atom. The van der Waals surface area contributed by atoms with Gasteiger partial charge in [0.1, 0.15) is 6.10 Å². The van der Waals surface area contributed by atoms with E-state index in [0.29, 0.717) is 5.92 Å². The second-order valence-electron chi connectivity index (χ2n) is 6.74. The summed E-state index contributed by atoms with van der Waals surface area (Å²) in [4.78, 5) is 12.3. The molecule has 3 heteroatoms. The molecule has 0 aromatic heterocycles. The molecule has 1 aliphatic rings. The molecule has 0 radical (unpaired) electrons. The van der Waals surface area contributed by atoms with Gasteiger partial charge in [-0.3, -0.25) is 4.79 Å². The van der Waals surface area contributed by atoms with Gasteiger partial charge in [0.15, 0.2) is 0 Å². The molecule has 2 unspecified atom stereocenters. The van der Waals surface area contributed by atoms with Crippen molar-refractivity contribution >= 4 is 5.97 Å². The highest BCUT2D eigenvalue weighted by Crippen LogP contribution is 2.34. The Kier molecular flexibility index (Phi) is 4.82. The summed E-state index contributed by atoms with van der Waals surface area (Å²) >= 11 is 0. The highest BCUT2D eigenvalue weighted by molar-refractivity contribution is 5.77. The van der Waals surface area contributed by atoms with Crippen LogP contribution in [0.25, 0.3) is 0 Å². The summed E-state index contributed by atoms with van der Waals surface area (Å²) < 4.78 is 5.77. The van der Waals surface area contributed by atoms with Crippen LogP contribution in [-0.4, -0.2) is 17.6 Å². The summed E-state index contributed by atoms with van der Waals surface area (Å²) in [6.07, 6.45) is 5.80. The highest BCUT2D eigenvalue weighted by atomic mass is 16.5. The van der Waals surface area contributed by atoms with Crippen LogP contribution in [0.5, 0.6) is 0 Å². The second kappa shape index (κ2) is 5.60. The Balaban J connectivity index is 2.69. The summed E-state index contributed by atoms with van der Waals surface area (Å²) in [6.45, 7) is 9.69. The van der Waals surface area contributed by atoms with Crippen molar-refractivity contribution in [2.75, 3.05) is 0 Å². The number of rotatable bonds is 4. The molecule has 106 valence electrons. The minimum atomic E-state index is -0.650. The van der Waals surface area contributed by atoms with Crippen molar-refractivity contribution in [1.82, 2.24) is 0 Å². The largest absolute Gasteiger partial charge is 0.462 e. The molecule has 1 aliphatic carbocycles. The second-order valence-corrected chi connectivity index (χ2v) is 6.74. The molecule has 2 atom stereocenters. The first-order chi connectivity index (χ1) is 8.20. The molecular weight excluding hydrogens is 226 g/mol. The van der Waals surface area contributed by atoms with Crippen molar-refractivity contribution in [3.05, 3.63) is 0 Å². The molecule has 1 saturated carbocycles. The maximum absolute atomic E-state index is 12.3. The van der Waals surface area contributed by atoms with Gasteiger partial charge in [-0.15, -0.1) is 0 Å². The van der Waals surface area contributed by atoms with Crippen LogP contribution in [-0.2, 0) is 9.53 Å². The van der Waals surface area contributed by atoms with E-state index in [1.807, 2.05) is 27.7 Å². The van der Waals surface area contributed by atoms with E-state index in [9.17, 15) is 4.79 Å². The smallest absolute Gasteiger partial charge is 0.313 e. The van der Waals surface area contributed by atoms with Gasteiger partial charge in [-0.1, -0.05) is 13.3 Å². The molecular formula is C15H29NO2. The third-order valence-electron chi connectivity index (χ3n) is 4.74. The van der Waals surface area contributed by atoms with Crippen molar-refractivity contribution in [3.63, 3.8) is 0 Å². The molecule has 18 heavy (non-hydrogen) atoms. The fourth-order valence-corrected chi connectivity index (χ4v) is 2.34. The zero-order chi connectivity index (χ0) is 14.0. The number of carbonyl (C=O) groups excluding carboxylic acids is 1. The fraction of sp³-hybridized carbons (Fsp3) is 0.933. The van der Waals surface area contributed by atoms with Crippen LogP contribution in [0, 0.1) is 11.3 Å². The molecule has 0 amide bonds. The van der Waals surface area contributed by atoms with Crippen LogP contribution in [0.4, 0.5) is 0 Å². The molecule has 0 aliphatic heterocycles. The number of carbonyl (C=O) groups is 1. The van der Waals surface area contributed by atoms with Gasteiger partial charge in [0.25, 0.3) is 0 Å². The van der Waals surface area contributed by atoms with Crippen LogP contribution in [0.3, 0.4) is 0 Å². The van der Waals surface area contributed by atoms with Crippen LogP contribution in [0.1, 0.15) is 66.7 Å². The lowest BCUT2D eigenvalue weighted by molar-refractivity contribution is -0.167. The van der Waals surface area contributed by atoms with Gasteiger partial charge in [-0.2, -0.15) is 0 Å². The Morgan fingerprint density at radius 3 is 2.28 bits per heavy atom. The summed E-state index contributed by atoms with van der Waals surface area (Å²) in [5.74, 6) is 0.375. The van der Waals surface area contributed by atoms with Gasteiger partial charge in [0, 0.05) is 5.54 Å². The van der Waals surface area contributed by atoms with E-state index >= 15 is 0 Å². The number of ether oxygens (including phenoxy) is 1. The van der Waals surface area contributed by atoms with Gasteiger partial charge >= 0.3 is 5.97 Å². The molecule has 0 bridgehead atoms. The molecule has 0 aromatic carbocycles. The summed E-state index contributed by atoms with van der Waals surface area (Å²) in [7, 11) is 0. The van der Waals surface area contributed by atoms with E-state index in [0.717, 1.165) is 12.8 Å². The predicted octanol–water partition coefficient (Wildman–Crippen LogP) is 3.26. The van der Waals surface area contributed by atoms with Crippen LogP contribution in [0.15, 0.2) is 0 Å². The fourth-order valence-electron chi connectivity index (χ4n) is 2.34. The van der Waals surface area contributed by atoms with E-state index in [1.54, 1.807) is 0 Å². The molecule has 3 nitrogen and oxygen atoms in total. The van der Waals surface area contributed by atoms with Gasteiger partial charge in [-0.05, 0) is 59.3 Å². The lowest BCUT2D eigenvalue weighted by Gasteiger charge is -2.39. The van der Waals surface area contributed by atoms with Crippen molar-refractivity contribution in [2.45, 2.75) is 78.4 Å². The van der Waals surface area contributed by atoms with E-state index in [4.69, 9.17) is 10.5 Å². The van der Waals surface area contributed by atoms with Crippen LogP contribution < -0.4 is 5.73 Å². The summed E-state index contributed by atoms with van der Waals surface area (Å²) in [5.41, 5.74) is 4.87. The van der Waals surface area contributed by atoms with Crippen LogP contribution >= 0.6 is 0 Å². The molecule has 0 heterocycles. The monoisotopic (exact) mass is 255 g/mol. The number of esters is 1. The SMILES string of the molecule is CCC1CCCCC1OC(=O)C(C)(C)C(C)(C)N. The van der Waals surface area contributed by atoms with Crippen LogP contribution in [0.2, 0.25) is 0 Å². The Bertz CT molecular complexity index is 291. The van der Waals surface area contributed by atoms with E-state index < -0.39 is 11.0 Å². The van der Waals surface area contributed by atoms with E-state index in [-0.39, 0.29) is 12.1 Å². The average Bonchev–Trinajstić information content (AvgIpc) is 2.28. The number of hydrogen-bond donors (Lipinski definition) is 1. The third-order valence-corrected chi connectivity index (χ3v) is 4.74. The quantitative estimate of drug-likeness (QED) is 0.784. The molecule has 0 saturated heterocycles. The van der Waals surface area contributed by atoms with Gasteiger partial charge < -0.3 is 10.5 Å². The highest BCUT2D eigenvalue weighted by Gasteiger charge is 2.43. The zero-order valence-corrected chi connectivity index (χ0v) is 12.6. The number of hydrogen-bond acceptors (Lipinski definition) is 3. The topological polar surface area (TPSA) is 52.3 Å². The maximum atomic E-state index is 12.3. The molecule has 0 spiro atoms. The van der Waals surface area contributed by atoms with Gasteiger partial charge in [0.05, 0.1) is 5.41 Å². The molecule has 0 aromatic rings. The van der Waals surface area contributed by atoms with E-state index in [2.05, 4.69) is 6.92 Å². The molecule has 1 rings (SSSR count). The standard InChI is InChI=1S/C15H29NO2/c1-6-11-9-7-8-10-12(11)18-13(17)14(2,3)15(4,5)16/h11-12H,6-10,16H2,1-5H3. The molecule has 1 fully saturated rings. The lowest BCUT2D eigenvalue weighted by Crippen LogP contribution is -2.53. The maximum Gasteiger partial charge on any atom is 0.313 e. The zero-order valence-electron chi connectivity index (χ0n) is 12.6. The van der Waals surface area contributed by atoms with Gasteiger partial charge in [0.2, 0.25) is 0 Å². The van der Waals surface area contributed by atoms with Crippen molar-refractivity contribution < 1.29 is 9.53 Å². The lowest BCUT2D eigenvalue weighted by atomic mass is 9.75. The van der Waals surface area contributed by atoms with Gasteiger partial charge in [-0.25, -0.2) is 0 Å². The Labute approximate surface area is 111 Å². The Morgan fingerprint density at radius 1 is 1.22 bits per heavy atom. The normalized spacial score (nSPS) is 25.9. The average molecular weight is 255 g/mol. The minimum Gasteiger partial charge on any atom is -0.462 e. The minimum absolute atomic E-state index is 0.0953. The first kappa shape index (κ1) is 15.5. The van der Waals surface area contributed by atoms with Crippen molar-refractivity contribution in [1.29, 1.82) is 0 Å². The first-order valence-corrected chi connectivity index (χ1v) is 7.20. The Hall–Kier alpha value is -0.570.